The van der Waals surface area contributed by atoms with Crippen LogP contribution in [-0.4, -0.2) is 17.3 Å². The van der Waals surface area contributed by atoms with Crippen LogP contribution in [0.1, 0.15) is 56.0 Å². The maximum atomic E-state index is 12.4. The SMILES string of the molecule is CCCCCc1ccc(OC(=O)c2ccc(OC(=O)C(Cl)C(C)C)c(Cl)c2)cc1. The summed E-state index contributed by atoms with van der Waals surface area (Å²) in [6.45, 7) is 5.81. The Balaban J connectivity index is 1.99. The highest BCUT2D eigenvalue weighted by molar-refractivity contribution is 6.33. The Morgan fingerprint density at radius 3 is 2.28 bits per heavy atom. The number of rotatable bonds is 9. The largest absolute Gasteiger partial charge is 0.424 e. The van der Waals surface area contributed by atoms with Crippen LogP contribution < -0.4 is 9.47 Å². The predicted molar refractivity (Wildman–Crippen MR) is 116 cm³/mol. The molecule has 0 aliphatic carbocycles. The van der Waals surface area contributed by atoms with E-state index in [1.807, 2.05) is 26.0 Å². The molecule has 0 aliphatic rings. The molecule has 0 aromatic heterocycles. The lowest BCUT2D eigenvalue weighted by atomic mass is 10.1. The normalized spacial score (nSPS) is 11.9. The van der Waals surface area contributed by atoms with Gasteiger partial charge in [0.15, 0.2) is 0 Å². The number of ether oxygens (including phenoxy) is 2. The zero-order chi connectivity index (χ0) is 21.4. The molecular formula is C23H26Cl2O4. The third kappa shape index (κ3) is 7.06. The molecule has 0 saturated heterocycles. The lowest BCUT2D eigenvalue weighted by Crippen LogP contribution is -2.25. The van der Waals surface area contributed by atoms with E-state index in [9.17, 15) is 9.59 Å². The molecule has 0 N–H and O–H groups in total. The molecule has 29 heavy (non-hydrogen) atoms. The average molecular weight is 437 g/mol. The molecule has 0 heterocycles. The Bertz CT molecular complexity index is 831. The Morgan fingerprint density at radius 1 is 1.00 bits per heavy atom. The van der Waals surface area contributed by atoms with Gasteiger partial charge in [0, 0.05) is 0 Å². The number of esters is 2. The fraction of sp³-hybridized carbons (Fsp3) is 0.391. The van der Waals surface area contributed by atoms with Gasteiger partial charge in [-0.25, -0.2) is 4.79 Å². The van der Waals surface area contributed by atoms with Crippen molar-refractivity contribution in [3.8, 4) is 11.5 Å². The van der Waals surface area contributed by atoms with Crippen molar-refractivity contribution in [2.24, 2.45) is 5.92 Å². The smallest absolute Gasteiger partial charge is 0.343 e. The Hall–Kier alpha value is -2.04. The molecule has 156 valence electrons. The van der Waals surface area contributed by atoms with E-state index in [4.69, 9.17) is 32.7 Å². The van der Waals surface area contributed by atoms with Gasteiger partial charge >= 0.3 is 11.9 Å². The van der Waals surface area contributed by atoms with Crippen molar-refractivity contribution in [2.75, 3.05) is 0 Å². The second-order valence-corrected chi connectivity index (χ2v) is 8.08. The van der Waals surface area contributed by atoms with Gasteiger partial charge in [-0.15, -0.1) is 11.6 Å². The molecule has 0 saturated carbocycles. The number of hydrogen-bond acceptors (Lipinski definition) is 4. The van der Waals surface area contributed by atoms with Crippen LogP contribution in [-0.2, 0) is 11.2 Å². The van der Waals surface area contributed by atoms with Crippen molar-refractivity contribution in [3.63, 3.8) is 0 Å². The number of carbonyl (C=O) groups excluding carboxylic acids is 2. The highest BCUT2D eigenvalue weighted by Crippen LogP contribution is 2.27. The first-order chi connectivity index (χ1) is 13.8. The standard InChI is InChI=1S/C23H26Cl2O4/c1-4-5-6-7-16-8-11-18(12-9-16)28-22(26)17-10-13-20(19(24)14-17)29-23(27)21(25)15(2)3/h8-15,21H,4-7H2,1-3H3. The monoisotopic (exact) mass is 436 g/mol. The minimum Gasteiger partial charge on any atom is -0.424 e. The van der Waals surface area contributed by atoms with Gasteiger partial charge in [-0.05, 0) is 54.7 Å². The number of hydrogen-bond donors (Lipinski definition) is 0. The number of benzene rings is 2. The van der Waals surface area contributed by atoms with Gasteiger partial charge in [0.25, 0.3) is 0 Å². The van der Waals surface area contributed by atoms with Crippen molar-refractivity contribution >= 4 is 35.1 Å². The maximum absolute atomic E-state index is 12.4. The third-order valence-electron chi connectivity index (χ3n) is 4.39. The van der Waals surface area contributed by atoms with Gasteiger partial charge in [0.1, 0.15) is 16.9 Å². The Morgan fingerprint density at radius 2 is 1.69 bits per heavy atom. The minimum atomic E-state index is -0.777. The second kappa shape index (κ2) is 11.2. The van der Waals surface area contributed by atoms with Crippen LogP contribution in [0.15, 0.2) is 42.5 Å². The third-order valence-corrected chi connectivity index (χ3v) is 5.37. The molecule has 0 aliphatic heterocycles. The molecular weight excluding hydrogens is 411 g/mol. The van der Waals surface area contributed by atoms with E-state index >= 15 is 0 Å². The van der Waals surface area contributed by atoms with Gasteiger partial charge < -0.3 is 9.47 Å². The summed E-state index contributed by atoms with van der Waals surface area (Å²) in [5, 5.41) is -0.646. The van der Waals surface area contributed by atoms with Crippen molar-refractivity contribution in [3.05, 3.63) is 58.6 Å². The average Bonchev–Trinajstić information content (AvgIpc) is 2.70. The fourth-order valence-electron chi connectivity index (χ4n) is 2.62. The number of alkyl halides is 1. The second-order valence-electron chi connectivity index (χ2n) is 7.20. The molecule has 1 unspecified atom stereocenters. The Kier molecular flexibility index (Phi) is 8.99. The topological polar surface area (TPSA) is 52.6 Å². The van der Waals surface area contributed by atoms with Gasteiger partial charge in [0.2, 0.25) is 0 Å². The maximum Gasteiger partial charge on any atom is 0.343 e. The first kappa shape index (κ1) is 23.2. The zero-order valence-electron chi connectivity index (χ0n) is 16.9. The summed E-state index contributed by atoms with van der Waals surface area (Å²) in [4.78, 5) is 24.4. The van der Waals surface area contributed by atoms with Crippen molar-refractivity contribution < 1.29 is 19.1 Å². The molecule has 2 aromatic carbocycles. The lowest BCUT2D eigenvalue weighted by molar-refractivity contribution is -0.134. The zero-order valence-corrected chi connectivity index (χ0v) is 18.4. The highest BCUT2D eigenvalue weighted by Gasteiger charge is 2.22. The van der Waals surface area contributed by atoms with Crippen LogP contribution in [0.5, 0.6) is 11.5 Å². The van der Waals surface area contributed by atoms with Crippen LogP contribution in [0.4, 0.5) is 0 Å². The van der Waals surface area contributed by atoms with E-state index < -0.39 is 17.3 Å². The van der Waals surface area contributed by atoms with Gasteiger partial charge in [-0.3, -0.25) is 4.79 Å². The van der Waals surface area contributed by atoms with Crippen LogP contribution in [0.25, 0.3) is 0 Å². The van der Waals surface area contributed by atoms with E-state index in [-0.39, 0.29) is 22.3 Å². The number of carbonyl (C=O) groups is 2. The van der Waals surface area contributed by atoms with Crippen molar-refractivity contribution in [1.29, 1.82) is 0 Å². The molecule has 4 nitrogen and oxygen atoms in total. The van der Waals surface area contributed by atoms with E-state index in [1.54, 1.807) is 12.1 Å². The number of halogens is 2. The molecule has 1 atom stereocenters. The van der Waals surface area contributed by atoms with Crippen LogP contribution >= 0.6 is 23.2 Å². The van der Waals surface area contributed by atoms with Gasteiger partial charge in [-0.1, -0.05) is 57.3 Å². The van der Waals surface area contributed by atoms with Gasteiger partial charge in [-0.2, -0.15) is 0 Å². The highest BCUT2D eigenvalue weighted by atomic mass is 35.5. The molecule has 0 amide bonds. The van der Waals surface area contributed by atoms with E-state index in [2.05, 4.69) is 6.92 Å². The molecule has 2 rings (SSSR count). The van der Waals surface area contributed by atoms with Crippen LogP contribution in [0.2, 0.25) is 5.02 Å². The predicted octanol–water partition coefficient (Wildman–Crippen LogP) is 6.46. The van der Waals surface area contributed by atoms with Crippen molar-refractivity contribution in [2.45, 2.75) is 51.8 Å². The first-order valence-corrected chi connectivity index (χ1v) is 10.6. The molecule has 0 fully saturated rings. The first-order valence-electron chi connectivity index (χ1n) is 9.78. The summed E-state index contributed by atoms with van der Waals surface area (Å²) in [6.07, 6.45) is 4.54. The Labute approximate surface area is 182 Å². The summed E-state index contributed by atoms with van der Waals surface area (Å²) in [6, 6.07) is 11.8. The van der Waals surface area contributed by atoms with Gasteiger partial charge in [0.05, 0.1) is 10.6 Å². The molecule has 0 spiro atoms. The van der Waals surface area contributed by atoms with E-state index in [0.29, 0.717) is 5.75 Å². The van der Waals surface area contributed by atoms with Crippen molar-refractivity contribution in [1.82, 2.24) is 0 Å². The molecule has 0 radical (unpaired) electrons. The number of aryl methyl sites for hydroxylation is 1. The summed E-state index contributed by atoms with van der Waals surface area (Å²) in [5.41, 5.74) is 1.47. The molecule has 0 bridgehead atoms. The summed E-state index contributed by atoms with van der Waals surface area (Å²) < 4.78 is 10.6. The molecule has 6 heteroatoms. The molecule has 2 aromatic rings. The number of unbranched alkanes of at least 4 members (excludes halogenated alkanes) is 2. The van der Waals surface area contributed by atoms with E-state index in [1.165, 1.54) is 36.6 Å². The summed E-state index contributed by atoms with van der Waals surface area (Å²) in [5.74, 6) is -0.590. The lowest BCUT2D eigenvalue weighted by Gasteiger charge is -2.13. The van der Waals surface area contributed by atoms with E-state index in [0.717, 1.165) is 12.8 Å². The van der Waals surface area contributed by atoms with Crippen LogP contribution in [0.3, 0.4) is 0 Å². The fourth-order valence-corrected chi connectivity index (χ4v) is 2.88. The quantitative estimate of drug-likeness (QED) is 0.196. The van der Waals surface area contributed by atoms with Crippen LogP contribution in [0, 0.1) is 5.92 Å². The summed E-state index contributed by atoms with van der Waals surface area (Å²) >= 11 is 12.2. The summed E-state index contributed by atoms with van der Waals surface area (Å²) in [7, 11) is 0. The minimum absolute atomic E-state index is 0.0739.